The molecule has 0 bridgehead atoms. The van der Waals surface area contributed by atoms with E-state index in [-0.39, 0.29) is 35.9 Å². The Balaban J connectivity index is -0.000000213. The molecule has 0 amide bonds. The van der Waals surface area contributed by atoms with E-state index >= 15 is 0 Å². The molecule has 0 aromatic rings. The summed E-state index contributed by atoms with van der Waals surface area (Å²) >= 11 is 0. The first-order chi connectivity index (χ1) is 3.93. The normalized spacial score (nSPS) is 11.8. The van der Waals surface area contributed by atoms with E-state index in [9.17, 15) is 4.79 Å². The number of hydrogen-bond acceptors (Lipinski definition) is 1. The van der Waals surface area contributed by atoms with Crippen LogP contribution in [-0.4, -0.2) is 6.29 Å². The smallest absolute Gasteiger partial charge is 0 e. The second-order valence-electron chi connectivity index (χ2n) is 1.78. The Labute approximate surface area is 83.8 Å². The first-order valence-corrected chi connectivity index (χ1v) is 2.63. The Morgan fingerprint density at radius 3 is 2.45 bits per heavy atom. The molecule has 0 aromatic carbocycles. The van der Waals surface area contributed by atoms with Crippen molar-refractivity contribution in [2.24, 2.45) is 0 Å². The van der Waals surface area contributed by atoms with Gasteiger partial charge in [-0.2, -0.15) is 0 Å². The summed E-state index contributed by atoms with van der Waals surface area (Å²) in [6.45, 7) is 0. The van der Waals surface area contributed by atoms with Crippen molar-refractivity contribution in [3.05, 3.63) is 38.7 Å². The maximum absolute atomic E-state index is 9.77. The van der Waals surface area contributed by atoms with Crippen LogP contribution in [-0.2, 0) is 25.9 Å². The van der Waals surface area contributed by atoms with Crippen LogP contribution in [0, 0.1) is 14.9 Å². The molecule has 1 rings (SSSR count). The summed E-state index contributed by atoms with van der Waals surface area (Å²) in [6, 6.07) is 0. The van der Waals surface area contributed by atoms with Gasteiger partial charge in [-0.3, -0.25) is 6.29 Å². The minimum atomic E-state index is 0. The summed E-state index contributed by atoms with van der Waals surface area (Å²) in [5.41, 5.74) is 1.17. The second-order valence-corrected chi connectivity index (χ2v) is 1.78. The van der Waals surface area contributed by atoms with Crippen molar-refractivity contribution in [3.8, 4) is 0 Å². The van der Waals surface area contributed by atoms with Crippen LogP contribution in [0.2, 0.25) is 0 Å². The third-order valence-corrected chi connectivity index (χ3v) is 1.15. The van der Waals surface area contributed by atoms with Crippen molar-refractivity contribution in [2.75, 3.05) is 0 Å². The zero-order valence-corrected chi connectivity index (χ0v) is 9.14. The van der Waals surface area contributed by atoms with Crippen molar-refractivity contribution >= 4 is 6.29 Å². The standard InChI is InChI=1S/C7H7O.2CH3.Pt/c8-6-5-7-3-1-2-4-7;;;/h1-3H,4-5H2;2*1H3;/q3*-1;. The summed E-state index contributed by atoms with van der Waals surface area (Å²) < 4.78 is 0. The van der Waals surface area contributed by atoms with Gasteiger partial charge in [0.2, 0.25) is 0 Å². The molecular formula is C9H13OPt-3. The topological polar surface area (TPSA) is 17.1 Å². The zero-order chi connectivity index (χ0) is 5.82. The maximum Gasteiger partial charge on any atom is 0 e. The molecule has 0 spiro atoms. The van der Waals surface area contributed by atoms with Crippen LogP contribution in [0.5, 0.6) is 0 Å². The molecule has 1 nitrogen and oxygen atoms in total. The molecule has 0 N–H and O–H groups in total. The quantitative estimate of drug-likeness (QED) is 0.709. The SMILES string of the molecule is O=[C-]CC1=CC=CC1.[CH3-].[CH3-].[Pt]. The molecule has 1 aliphatic rings. The van der Waals surface area contributed by atoms with E-state index in [1.54, 1.807) is 0 Å². The monoisotopic (exact) mass is 332 g/mol. The fourth-order valence-corrected chi connectivity index (χ4v) is 0.715. The van der Waals surface area contributed by atoms with Crippen LogP contribution in [0.25, 0.3) is 0 Å². The van der Waals surface area contributed by atoms with E-state index in [2.05, 4.69) is 0 Å². The molecule has 0 fully saturated rings. The maximum atomic E-state index is 9.77. The molecule has 0 aromatic heterocycles. The first-order valence-electron chi connectivity index (χ1n) is 2.63. The zero-order valence-electron chi connectivity index (χ0n) is 6.87. The van der Waals surface area contributed by atoms with Crippen LogP contribution in [0.15, 0.2) is 23.8 Å². The van der Waals surface area contributed by atoms with Gasteiger partial charge in [0.25, 0.3) is 0 Å². The van der Waals surface area contributed by atoms with Crippen molar-refractivity contribution in [3.63, 3.8) is 0 Å². The molecule has 2 heteroatoms. The molecule has 0 radical (unpaired) electrons. The third-order valence-electron chi connectivity index (χ3n) is 1.15. The van der Waals surface area contributed by atoms with Gasteiger partial charge in [0, 0.05) is 21.1 Å². The Morgan fingerprint density at radius 1 is 1.45 bits per heavy atom. The number of hydrogen-bond donors (Lipinski definition) is 0. The van der Waals surface area contributed by atoms with E-state index < -0.39 is 0 Å². The van der Waals surface area contributed by atoms with E-state index in [1.807, 2.05) is 24.5 Å². The van der Waals surface area contributed by atoms with E-state index in [0.29, 0.717) is 6.42 Å². The van der Waals surface area contributed by atoms with Gasteiger partial charge in [0.1, 0.15) is 0 Å². The molecule has 0 unspecified atom stereocenters. The molecule has 0 saturated carbocycles. The molecule has 0 aliphatic heterocycles. The fraction of sp³-hybridized carbons (Fsp3) is 0.222. The fourth-order valence-electron chi connectivity index (χ4n) is 0.715. The van der Waals surface area contributed by atoms with Gasteiger partial charge >= 0.3 is 0 Å². The number of carbonyl (C=O) groups excluding carboxylic acids is 1. The Kier molecular flexibility index (Phi) is 15.3. The summed E-state index contributed by atoms with van der Waals surface area (Å²) in [7, 11) is 0. The predicted molar refractivity (Wildman–Crippen MR) is 45.0 cm³/mol. The van der Waals surface area contributed by atoms with Crippen molar-refractivity contribution in [1.82, 2.24) is 0 Å². The van der Waals surface area contributed by atoms with Crippen molar-refractivity contribution in [1.29, 1.82) is 0 Å². The molecule has 0 atom stereocenters. The van der Waals surface area contributed by atoms with E-state index in [1.165, 1.54) is 5.57 Å². The largest absolute Gasteiger partial charge is 0.541 e. The van der Waals surface area contributed by atoms with Crippen LogP contribution in [0.4, 0.5) is 0 Å². The Bertz CT molecular complexity index is 148. The van der Waals surface area contributed by atoms with Gasteiger partial charge in [-0.1, -0.05) is 23.8 Å². The van der Waals surface area contributed by atoms with Gasteiger partial charge in [-0.15, -0.1) is 6.42 Å². The Hall–Kier alpha value is -0.162. The molecule has 1 aliphatic carbocycles. The third kappa shape index (κ3) is 6.24. The molecule has 0 heterocycles. The molecule has 0 saturated heterocycles. The van der Waals surface area contributed by atoms with Crippen LogP contribution < -0.4 is 0 Å². The second kappa shape index (κ2) is 9.84. The number of rotatable bonds is 2. The van der Waals surface area contributed by atoms with Gasteiger partial charge in [-0.25, -0.2) is 0 Å². The summed E-state index contributed by atoms with van der Waals surface area (Å²) in [5.74, 6) is 0. The summed E-state index contributed by atoms with van der Waals surface area (Å²) in [6.07, 6.45) is 9.23. The van der Waals surface area contributed by atoms with Gasteiger partial charge in [0.05, 0.1) is 0 Å². The van der Waals surface area contributed by atoms with Crippen LogP contribution in [0.1, 0.15) is 12.8 Å². The summed E-state index contributed by atoms with van der Waals surface area (Å²) in [5, 5.41) is 0. The first kappa shape index (κ1) is 17.1. The Morgan fingerprint density at radius 2 is 2.09 bits per heavy atom. The van der Waals surface area contributed by atoms with Crippen LogP contribution >= 0.6 is 0 Å². The van der Waals surface area contributed by atoms with Gasteiger partial charge < -0.3 is 19.6 Å². The molecule has 68 valence electrons. The minimum Gasteiger partial charge on any atom is -0.541 e. The van der Waals surface area contributed by atoms with Crippen LogP contribution in [0.3, 0.4) is 0 Å². The van der Waals surface area contributed by atoms with Crippen molar-refractivity contribution < 1.29 is 25.9 Å². The summed E-state index contributed by atoms with van der Waals surface area (Å²) in [4.78, 5) is 9.77. The average molecular weight is 332 g/mol. The number of allylic oxidation sites excluding steroid dienone is 4. The van der Waals surface area contributed by atoms with Gasteiger partial charge in [0.15, 0.2) is 0 Å². The predicted octanol–water partition coefficient (Wildman–Crippen LogP) is 2.27. The van der Waals surface area contributed by atoms with E-state index in [4.69, 9.17) is 0 Å². The van der Waals surface area contributed by atoms with Gasteiger partial charge in [-0.05, 0) is 6.42 Å². The minimum absolute atomic E-state index is 0. The molecular weight excluding hydrogens is 319 g/mol. The van der Waals surface area contributed by atoms with Crippen molar-refractivity contribution in [2.45, 2.75) is 12.8 Å². The molecule has 11 heavy (non-hydrogen) atoms. The van der Waals surface area contributed by atoms with E-state index in [0.717, 1.165) is 6.42 Å². The average Bonchev–Trinajstić information content (AvgIpc) is 2.19.